The molecule has 3 aromatic rings. The summed E-state index contributed by atoms with van der Waals surface area (Å²) in [5.41, 5.74) is 2.85. The molecule has 122 valence electrons. The van der Waals surface area contributed by atoms with Gasteiger partial charge in [-0.05, 0) is 48.9 Å². The zero-order chi connectivity index (χ0) is 16.4. The van der Waals surface area contributed by atoms with Gasteiger partial charge in [-0.15, -0.1) is 0 Å². The molecule has 0 aliphatic carbocycles. The van der Waals surface area contributed by atoms with E-state index in [1.165, 1.54) is 10.9 Å². The lowest BCUT2D eigenvalue weighted by Gasteiger charge is -2.32. The highest BCUT2D eigenvalue weighted by atomic mass is 16.2. The second-order valence-electron chi connectivity index (χ2n) is 6.47. The smallest absolute Gasteiger partial charge is 0.271 e. The van der Waals surface area contributed by atoms with Crippen molar-refractivity contribution in [1.29, 1.82) is 0 Å². The second-order valence-corrected chi connectivity index (χ2v) is 6.47. The fourth-order valence-electron chi connectivity index (χ4n) is 3.52. The molecular weight excluding hydrogens is 300 g/mol. The number of hydrogen-bond acceptors (Lipinski definition) is 3. The summed E-state index contributed by atoms with van der Waals surface area (Å²) in [5, 5.41) is 7.82. The van der Waals surface area contributed by atoms with Crippen molar-refractivity contribution in [2.45, 2.75) is 19.3 Å². The van der Waals surface area contributed by atoms with Crippen LogP contribution in [0.15, 0.2) is 48.8 Å². The molecule has 0 radical (unpaired) electrons. The highest BCUT2D eigenvalue weighted by Gasteiger charge is 2.25. The molecule has 0 saturated carbocycles. The SMILES string of the molecule is O=C(c1ccn[nH]1)N1CCC[C@H](Cc2cnc3ccccc3c2)C1. The topological polar surface area (TPSA) is 61.9 Å². The molecule has 5 heteroatoms. The molecule has 0 bridgehead atoms. The van der Waals surface area contributed by atoms with Crippen molar-refractivity contribution in [3.8, 4) is 0 Å². The summed E-state index contributed by atoms with van der Waals surface area (Å²) in [7, 11) is 0. The van der Waals surface area contributed by atoms with Gasteiger partial charge in [0.05, 0.1) is 5.52 Å². The Morgan fingerprint density at radius 1 is 1.29 bits per heavy atom. The first kappa shape index (κ1) is 14.9. The van der Waals surface area contributed by atoms with Crippen molar-refractivity contribution in [2.24, 2.45) is 5.92 Å². The minimum absolute atomic E-state index is 0.0498. The van der Waals surface area contributed by atoms with E-state index in [1.54, 1.807) is 12.3 Å². The maximum atomic E-state index is 12.5. The minimum Gasteiger partial charge on any atom is -0.337 e. The molecule has 1 atom stereocenters. The number of aromatic nitrogens is 3. The Balaban J connectivity index is 1.46. The standard InChI is InChI=1S/C19H20N4O/c24-19(18-7-8-21-22-18)23-9-3-4-14(13-23)10-15-11-16-5-1-2-6-17(16)20-12-15/h1-2,5-8,11-12,14H,3-4,9-10,13H2,(H,21,22)/t14-/m1/s1. The van der Waals surface area contributed by atoms with E-state index < -0.39 is 0 Å². The van der Waals surface area contributed by atoms with Crippen LogP contribution in [-0.4, -0.2) is 39.1 Å². The molecule has 0 spiro atoms. The Morgan fingerprint density at radius 2 is 2.21 bits per heavy atom. The Morgan fingerprint density at radius 3 is 3.08 bits per heavy atom. The van der Waals surface area contributed by atoms with Crippen LogP contribution in [-0.2, 0) is 6.42 Å². The van der Waals surface area contributed by atoms with E-state index in [0.717, 1.165) is 37.9 Å². The van der Waals surface area contributed by atoms with Gasteiger partial charge >= 0.3 is 0 Å². The molecule has 2 aromatic heterocycles. The molecule has 0 unspecified atom stereocenters. The molecule has 4 rings (SSSR count). The van der Waals surface area contributed by atoms with Gasteiger partial charge in [0.25, 0.3) is 5.91 Å². The molecular formula is C19H20N4O. The average molecular weight is 320 g/mol. The number of piperidine rings is 1. The molecule has 3 heterocycles. The number of para-hydroxylation sites is 1. The van der Waals surface area contributed by atoms with Gasteiger partial charge in [-0.25, -0.2) is 0 Å². The number of likely N-dealkylation sites (tertiary alicyclic amines) is 1. The van der Waals surface area contributed by atoms with E-state index in [2.05, 4.69) is 27.3 Å². The van der Waals surface area contributed by atoms with Gasteiger partial charge in [-0.3, -0.25) is 14.9 Å². The number of nitrogens with one attached hydrogen (secondary N) is 1. The summed E-state index contributed by atoms with van der Waals surface area (Å²) >= 11 is 0. The number of aromatic amines is 1. The fourth-order valence-corrected chi connectivity index (χ4v) is 3.52. The first-order chi connectivity index (χ1) is 11.8. The minimum atomic E-state index is 0.0498. The van der Waals surface area contributed by atoms with Gasteiger partial charge in [0.15, 0.2) is 0 Å². The van der Waals surface area contributed by atoms with Crippen LogP contribution in [0.25, 0.3) is 10.9 Å². The molecule has 1 N–H and O–H groups in total. The normalized spacial score (nSPS) is 18.0. The van der Waals surface area contributed by atoms with Gasteiger partial charge in [-0.1, -0.05) is 18.2 Å². The van der Waals surface area contributed by atoms with Crippen LogP contribution in [0.2, 0.25) is 0 Å². The monoisotopic (exact) mass is 320 g/mol. The number of pyridine rings is 1. The second kappa shape index (κ2) is 6.43. The van der Waals surface area contributed by atoms with Crippen LogP contribution in [0.4, 0.5) is 0 Å². The summed E-state index contributed by atoms with van der Waals surface area (Å²) < 4.78 is 0. The first-order valence-corrected chi connectivity index (χ1v) is 8.42. The largest absolute Gasteiger partial charge is 0.337 e. The van der Waals surface area contributed by atoms with E-state index in [4.69, 9.17) is 0 Å². The Bertz CT molecular complexity index is 843. The van der Waals surface area contributed by atoms with Crippen molar-refractivity contribution >= 4 is 16.8 Å². The highest BCUT2D eigenvalue weighted by Crippen LogP contribution is 2.23. The van der Waals surface area contributed by atoms with Crippen molar-refractivity contribution in [3.05, 3.63) is 60.0 Å². The summed E-state index contributed by atoms with van der Waals surface area (Å²) in [6, 6.07) is 12.1. The van der Waals surface area contributed by atoms with Crippen LogP contribution < -0.4 is 0 Å². The number of carbonyl (C=O) groups excluding carboxylic acids is 1. The number of benzene rings is 1. The molecule has 1 aliphatic rings. The first-order valence-electron chi connectivity index (χ1n) is 8.42. The van der Waals surface area contributed by atoms with Gasteiger partial charge in [-0.2, -0.15) is 5.10 Å². The number of rotatable bonds is 3. The molecule has 1 aliphatic heterocycles. The van der Waals surface area contributed by atoms with E-state index in [-0.39, 0.29) is 5.91 Å². The fraction of sp³-hybridized carbons (Fsp3) is 0.316. The highest BCUT2D eigenvalue weighted by molar-refractivity contribution is 5.92. The third-order valence-corrected chi connectivity index (χ3v) is 4.71. The van der Waals surface area contributed by atoms with E-state index in [0.29, 0.717) is 11.6 Å². The number of fused-ring (bicyclic) bond motifs is 1. The number of amides is 1. The summed E-state index contributed by atoms with van der Waals surface area (Å²) in [6.07, 6.45) is 6.75. The lowest BCUT2D eigenvalue weighted by molar-refractivity contribution is 0.0667. The van der Waals surface area contributed by atoms with Gasteiger partial charge in [0, 0.05) is 30.9 Å². The van der Waals surface area contributed by atoms with Crippen LogP contribution in [0.1, 0.15) is 28.9 Å². The Kier molecular flexibility index (Phi) is 3.99. The van der Waals surface area contributed by atoms with Gasteiger partial charge in [0.1, 0.15) is 5.69 Å². The van der Waals surface area contributed by atoms with Crippen LogP contribution in [0, 0.1) is 5.92 Å². The zero-order valence-electron chi connectivity index (χ0n) is 13.5. The predicted molar refractivity (Wildman–Crippen MR) is 92.7 cm³/mol. The number of nitrogens with zero attached hydrogens (tertiary/aromatic N) is 3. The summed E-state index contributed by atoms with van der Waals surface area (Å²) in [6.45, 7) is 1.62. The molecule has 1 saturated heterocycles. The van der Waals surface area contributed by atoms with Crippen molar-refractivity contribution in [2.75, 3.05) is 13.1 Å². The molecule has 1 aromatic carbocycles. The quantitative estimate of drug-likeness (QED) is 0.807. The third-order valence-electron chi connectivity index (χ3n) is 4.71. The zero-order valence-corrected chi connectivity index (χ0v) is 13.5. The number of H-pyrrole nitrogens is 1. The van der Waals surface area contributed by atoms with Crippen molar-refractivity contribution < 1.29 is 4.79 Å². The predicted octanol–water partition coefficient (Wildman–Crippen LogP) is 3.05. The van der Waals surface area contributed by atoms with Crippen molar-refractivity contribution in [3.63, 3.8) is 0 Å². The summed E-state index contributed by atoms with van der Waals surface area (Å²) in [5.74, 6) is 0.530. The van der Waals surface area contributed by atoms with E-state index in [9.17, 15) is 4.79 Å². The Labute approximate surface area is 140 Å². The van der Waals surface area contributed by atoms with Crippen LogP contribution in [0.3, 0.4) is 0 Å². The van der Waals surface area contributed by atoms with Crippen LogP contribution >= 0.6 is 0 Å². The van der Waals surface area contributed by atoms with Crippen molar-refractivity contribution in [1.82, 2.24) is 20.1 Å². The molecule has 24 heavy (non-hydrogen) atoms. The van der Waals surface area contributed by atoms with E-state index >= 15 is 0 Å². The lowest BCUT2D eigenvalue weighted by atomic mass is 9.91. The van der Waals surface area contributed by atoms with Gasteiger partial charge < -0.3 is 4.90 Å². The number of hydrogen-bond donors (Lipinski definition) is 1. The average Bonchev–Trinajstić information content (AvgIpc) is 3.16. The van der Waals surface area contributed by atoms with Gasteiger partial charge in [0.2, 0.25) is 0 Å². The molecule has 1 fully saturated rings. The molecule has 1 amide bonds. The van der Waals surface area contributed by atoms with E-state index in [1.807, 2.05) is 29.3 Å². The lowest BCUT2D eigenvalue weighted by Crippen LogP contribution is -2.40. The maximum Gasteiger partial charge on any atom is 0.271 e. The van der Waals surface area contributed by atoms with Crippen LogP contribution in [0.5, 0.6) is 0 Å². The number of carbonyl (C=O) groups is 1. The molecule has 5 nitrogen and oxygen atoms in total. The maximum absolute atomic E-state index is 12.5. The summed E-state index contributed by atoms with van der Waals surface area (Å²) in [4.78, 5) is 19.0. The Hall–Kier alpha value is -2.69. The third kappa shape index (κ3) is 3.02.